The number of benzene rings is 1. The molecule has 108 valence electrons. The zero-order chi connectivity index (χ0) is 14.1. The van der Waals surface area contributed by atoms with Crippen molar-refractivity contribution in [2.24, 2.45) is 5.92 Å². The van der Waals surface area contributed by atoms with E-state index in [0.717, 1.165) is 6.54 Å². The lowest BCUT2D eigenvalue weighted by Crippen LogP contribution is -2.57. The van der Waals surface area contributed by atoms with E-state index in [1.165, 1.54) is 25.9 Å². The molecule has 4 rings (SSSR count). The molecule has 0 radical (unpaired) electrons. The van der Waals surface area contributed by atoms with Gasteiger partial charge < -0.3 is 20.7 Å². The molecule has 0 unspecified atom stereocenters. The van der Waals surface area contributed by atoms with Crippen molar-refractivity contribution in [2.75, 3.05) is 32.5 Å². The molecule has 1 atom stereocenters. The maximum absolute atomic E-state index is 12.3. The van der Waals surface area contributed by atoms with Crippen molar-refractivity contribution in [3.63, 3.8) is 0 Å². The monoisotopic (exact) mass is 275 g/mol. The quantitative estimate of drug-likeness (QED) is 0.811. The molecule has 1 aromatic carbocycles. The third-order valence-corrected chi connectivity index (χ3v) is 4.47. The highest BCUT2D eigenvalue weighted by molar-refractivity contribution is 5.95. The van der Waals surface area contributed by atoms with Crippen LogP contribution >= 0.6 is 0 Å². The number of amides is 1. The maximum atomic E-state index is 12.3. The van der Waals surface area contributed by atoms with Gasteiger partial charge in [-0.15, -0.1) is 0 Å². The second-order valence-corrected chi connectivity index (χ2v) is 5.67. The van der Waals surface area contributed by atoms with Crippen LogP contribution in [0.25, 0.3) is 0 Å². The number of nitrogen functional groups attached to an aromatic ring is 1. The minimum Gasteiger partial charge on any atom is -0.495 e. The topological polar surface area (TPSA) is 67.6 Å². The second-order valence-electron chi connectivity index (χ2n) is 5.67. The standard InChI is InChI=1S/C15H21N3O2/c1-20-14-8-11(2-3-12(14)16)15(19)17-13-9-18-6-4-10(13)5-7-18/h2-3,8,10,13H,4-7,9,16H2,1H3,(H,17,19)/t13-/m0/s1. The lowest BCUT2D eigenvalue weighted by Gasteiger charge is -2.44. The number of rotatable bonds is 3. The molecule has 1 amide bonds. The van der Waals surface area contributed by atoms with Crippen LogP contribution in [0.3, 0.4) is 0 Å². The highest BCUT2D eigenvalue weighted by atomic mass is 16.5. The first kappa shape index (κ1) is 13.2. The summed E-state index contributed by atoms with van der Waals surface area (Å²) in [6.07, 6.45) is 2.38. The van der Waals surface area contributed by atoms with Gasteiger partial charge in [-0.25, -0.2) is 0 Å². The summed E-state index contributed by atoms with van der Waals surface area (Å²) < 4.78 is 5.16. The van der Waals surface area contributed by atoms with Gasteiger partial charge in [0, 0.05) is 18.2 Å². The van der Waals surface area contributed by atoms with Gasteiger partial charge in [-0.3, -0.25) is 4.79 Å². The fourth-order valence-electron chi connectivity index (χ4n) is 3.23. The molecule has 3 aliphatic heterocycles. The van der Waals surface area contributed by atoms with Gasteiger partial charge in [0.25, 0.3) is 5.91 Å². The van der Waals surface area contributed by atoms with Gasteiger partial charge >= 0.3 is 0 Å². The Labute approximate surface area is 119 Å². The lowest BCUT2D eigenvalue weighted by molar-refractivity contribution is 0.0620. The third kappa shape index (κ3) is 2.45. The van der Waals surface area contributed by atoms with Crippen molar-refractivity contribution in [1.82, 2.24) is 10.2 Å². The SMILES string of the molecule is COc1cc(C(=O)N[C@H]2CN3CCC2CC3)ccc1N. The third-order valence-electron chi connectivity index (χ3n) is 4.47. The Bertz CT molecular complexity index is 510. The lowest BCUT2D eigenvalue weighted by atomic mass is 9.84. The van der Waals surface area contributed by atoms with E-state index in [-0.39, 0.29) is 11.9 Å². The van der Waals surface area contributed by atoms with Crippen LogP contribution in [0.5, 0.6) is 5.75 Å². The molecule has 20 heavy (non-hydrogen) atoms. The van der Waals surface area contributed by atoms with Crippen LogP contribution in [0.4, 0.5) is 5.69 Å². The van der Waals surface area contributed by atoms with E-state index in [2.05, 4.69) is 10.2 Å². The number of methoxy groups -OCH3 is 1. The molecule has 0 aromatic heterocycles. The van der Waals surface area contributed by atoms with Gasteiger partial charge in [-0.2, -0.15) is 0 Å². The average Bonchev–Trinajstić information content (AvgIpc) is 2.49. The van der Waals surface area contributed by atoms with Crippen molar-refractivity contribution in [3.8, 4) is 5.75 Å². The minimum atomic E-state index is -0.0398. The van der Waals surface area contributed by atoms with E-state index in [1.54, 1.807) is 25.3 Å². The van der Waals surface area contributed by atoms with E-state index < -0.39 is 0 Å². The molecule has 3 N–H and O–H groups in total. The van der Waals surface area contributed by atoms with Crippen LogP contribution < -0.4 is 15.8 Å². The Kier molecular flexibility index (Phi) is 3.53. The first-order chi connectivity index (χ1) is 9.67. The Balaban J connectivity index is 1.70. The van der Waals surface area contributed by atoms with Crippen molar-refractivity contribution in [2.45, 2.75) is 18.9 Å². The summed E-state index contributed by atoms with van der Waals surface area (Å²) in [6.45, 7) is 3.32. The number of anilines is 1. The molecule has 3 fully saturated rings. The average molecular weight is 275 g/mol. The summed E-state index contributed by atoms with van der Waals surface area (Å²) >= 11 is 0. The largest absolute Gasteiger partial charge is 0.495 e. The number of hydrogen-bond donors (Lipinski definition) is 2. The second kappa shape index (κ2) is 5.32. The molecule has 0 aliphatic carbocycles. The van der Waals surface area contributed by atoms with Gasteiger partial charge in [-0.05, 0) is 50.0 Å². The highest BCUT2D eigenvalue weighted by Gasteiger charge is 2.34. The van der Waals surface area contributed by atoms with Gasteiger partial charge in [0.05, 0.1) is 12.8 Å². The number of carbonyl (C=O) groups excluding carboxylic acids is 1. The number of nitrogens with two attached hydrogens (primary N) is 1. The van der Waals surface area contributed by atoms with Crippen molar-refractivity contribution < 1.29 is 9.53 Å². The van der Waals surface area contributed by atoms with Crippen molar-refractivity contribution >= 4 is 11.6 Å². The predicted molar refractivity (Wildman–Crippen MR) is 77.8 cm³/mol. The molecule has 1 aromatic rings. The van der Waals surface area contributed by atoms with E-state index in [9.17, 15) is 4.79 Å². The Hall–Kier alpha value is -1.75. The molecule has 3 heterocycles. The van der Waals surface area contributed by atoms with E-state index in [4.69, 9.17) is 10.5 Å². The van der Waals surface area contributed by atoms with Crippen LogP contribution in [0, 0.1) is 5.92 Å². The number of carbonyl (C=O) groups is 1. The predicted octanol–water partition coefficient (Wildman–Crippen LogP) is 1.10. The smallest absolute Gasteiger partial charge is 0.251 e. The van der Waals surface area contributed by atoms with Crippen molar-refractivity contribution in [1.29, 1.82) is 0 Å². The summed E-state index contributed by atoms with van der Waals surface area (Å²) in [7, 11) is 1.56. The Morgan fingerprint density at radius 2 is 2.15 bits per heavy atom. The molecule has 3 aliphatic rings. The zero-order valence-corrected chi connectivity index (χ0v) is 11.8. The van der Waals surface area contributed by atoms with Crippen LogP contribution in [0.2, 0.25) is 0 Å². The van der Waals surface area contributed by atoms with Crippen LogP contribution in [0.15, 0.2) is 18.2 Å². The van der Waals surface area contributed by atoms with Gasteiger partial charge in [-0.1, -0.05) is 0 Å². The molecular weight excluding hydrogens is 254 g/mol. The fraction of sp³-hybridized carbons (Fsp3) is 0.533. The van der Waals surface area contributed by atoms with E-state index in [0.29, 0.717) is 22.9 Å². The van der Waals surface area contributed by atoms with Gasteiger partial charge in [0.1, 0.15) is 5.75 Å². The van der Waals surface area contributed by atoms with Gasteiger partial charge in [0.2, 0.25) is 0 Å². The van der Waals surface area contributed by atoms with Gasteiger partial charge in [0.15, 0.2) is 0 Å². The number of piperidine rings is 3. The first-order valence-corrected chi connectivity index (χ1v) is 7.14. The normalized spacial score (nSPS) is 28.1. The summed E-state index contributed by atoms with van der Waals surface area (Å²) in [4.78, 5) is 14.8. The summed E-state index contributed by atoms with van der Waals surface area (Å²) in [5.41, 5.74) is 6.92. The maximum Gasteiger partial charge on any atom is 0.251 e. The van der Waals surface area contributed by atoms with Crippen LogP contribution in [-0.2, 0) is 0 Å². The molecule has 3 saturated heterocycles. The minimum absolute atomic E-state index is 0.0398. The number of hydrogen-bond acceptors (Lipinski definition) is 4. The summed E-state index contributed by atoms with van der Waals surface area (Å²) in [5.74, 6) is 1.13. The Morgan fingerprint density at radius 1 is 1.40 bits per heavy atom. The van der Waals surface area contributed by atoms with Crippen molar-refractivity contribution in [3.05, 3.63) is 23.8 Å². The molecule has 2 bridgehead atoms. The molecular formula is C15H21N3O2. The van der Waals surface area contributed by atoms with E-state index in [1.807, 2.05) is 0 Å². The van der Waals surface area contributed by atoms with Crippen LogP contribution in [-0.4, -0.2) is 43.6 Å². The molecule has 0 saturated carbocycles. The molecule has 5 nitrogen and oxygen atoms in total. The number of ether oxygens (including phenoxy) is 1. The zero-order valence-electron chi connectivity index (χ0n) is 11.8. The molecule has 5 heteroatoms. The highest BCUT2D eigenvalue weighted by Crippen LogP contribution is 2.28. The van der Waals surface area contributed by atoms with E-state index >= 15 is 0 Å². The fourth-order valence-corrected chi connectivity index (χ4v) is 3.23. The first-order valence-electron chi connectivity index (χ1n) is 7.14. The Morgan fingerprint density at radius 3 is 2.75 bits per heavy atom. The number of nitrogens with one attached hydrogen (secondary N) is 1. The molecule has 0 spiro atoms. The number of fused-ring (bicyclic) bond motifs is 3. The van der Waals surface area contributed by atoms with Crippen LogP contribution in [0.1, 0.15) is 23.2 Å². The summed E-state index contributed by atoms with van der Waals surface area (Å²) in [6, 6.07) is 5.43. The number of nitrogens with zero attached hydrogens (tertiary/aromatic N) is 1. The summed E-state index contributed by atoms with van der Waals surface area (Å²) in [5, 5.41) is 3.16.